The Hall–Kier alpha value is -2.01. The Labute approximate surface area is 129 Å². The van der Waals surface area contributed by atoms with E-state index in [-0.39, 0.29) is 11.9 Å². The van der Waals surface area contributed by atoms with E-state index in [0.717, 1.165) is 6.54 Å². The molecule has 0 aliphatic carbocycles. The molecule has 3 aliphatic heterocycles. The van der Waals surface area contributed by atoms with Crippen LogP contribution in [0.4, 0.5) is 4.39 Å². The summed E-state index contributed by atoms with van der Waals surface area (Å²) >= 11 is 0. The van der Waals surface area contributed by atoms with Gasteiger partial charge in [0.05, 0.1) is 0 Å². The van der Waals surface area contributed by atoms with Gasteiger partial charge in [0.2, 0.25) is 0 Å². The van der Waals surface area contributed by atoms with Crippen molar-refractivity contribution in [2.24, 2.45) is 5.92 Å². The zero-order valence-corrected chi connectivity index (χ0v) is 12.3. The molecular formula is C17H18FN3O. The zero-order chi connectivity index (χ0) is 14.9. The molecule has 2 bridgehead atoms. The number of benzene rings is 1. The number of aromatic nitrogens is 2. The molecule has 0 N–H and O–H groups in total. The Bertz CT molecular complexity index is 653. The van der Waals surface area contributed by atoms with Crippen LogP contribution in [0.1, 0.15) is 12.8 Å². The Kier molecular flexibility index (Phi) is 3.50. The molecule has 22 heavy (non-hydrogen) atoms. The topological polar surface area (TPSA) is 38.2 Å². The average Bonchev–Trinajstić information content (AvgIpc) is 2.57. The van der Waals surface area contributed by atoms with Gasteiger partial charge in [-0.1, -0.05) is 18.2 Å². The lowest BCUT2D eigenvalue weighted by atomic mass is 9.86. The monoisotopic (exact) mass is 299 g/mol. The molecule has 114 valence electrons. The lowest BCUT2D eigenvalue weighted by Gasteiger charge is -2.43. The van der Waals surface area contributed by atoms with Crippen molar-refractivity contribution < 1.29 is 9.13 Å². The van der Waals surface area contributed by atoms with E-state index in [2.05, 4.69) is 14.9 Å². The van der Waals surface area contributed by atoms with E-state index >= 15 is 0 Å². The van der Waals surface area contributed by atoms with E-state index in [0.29, 0.717) is 23.1 Å². The SMILES string of the molecule is Fc1ccccc1-c1cnc(O[C@H]2CN3CCC2CC3)nc1. The molecule has 5 rings (SSSR count). The van der Waals surface area contributed by atoms with Gasteiger partial charge in [0.25, 0.3) is 0 Å². The number of nitrogens with zero attached hydrogens (tertiary/aromatic N) is 3. The standard InChI is InChI=1S/C17H18FN3O/c18-15-4-2-1-3-14(15)13-9-19-17(20-10-13)22-16-11-21-7-5-12(16)6-8-21/h1-4,9-10,12,16H,5-8,11H2/t16-/m0/s1. The van der Waals surface area contributed by atoms with Gasteiger partial charge >= 0.3 is 6.01 Å². The summed E-state index contributed by atoms with van der Waals surface area (Å²) < 4.78 is 19.7. The molecule has 5 heteroatoms. The highest BCUT2D eigenvalue weighted by atomic mass is 19.1. The second kappa shape index (κ2) is 5.65. The molecule has 0 unspecified atom stereocenters. The highest BCUT2D eigenvalue weighted by Crippen LogP contribution is 2.30. The molecule has 3 fully saturated rings. The number of hydrogen-bond donors (Lipinski definition) is 0. The third kappa shape index (κ3) is 2.57. The van der Waals surface area contributed by atoms with Crippen molar-refractivity contribution in [3.63, 3.8) is 0 Å². The van der Waals surface area contributed by atoms with E-state index < -0.39 is 0 Å². The van der Waals surface area contributed by atoms with E-state index in [1.54, 1.807) is 30.6 Å². The fraction of sp³-hybridized carbons (Fsp3) is 0.412. The summed E-state index contributed by atoms with van der Waals surface area (Å²) in [4.78, 5) is 10.9. The van der Waals surface area contributed by atoms with E-state index in [4.69, 9.17) is 4.74 Å². The first-order valence-electron chi connectivity index (χ1n) is 7.75. The number of halogens is 1. The molecule has 2 aromatic rings. The molecule has 1 aromatic heterocycles. The lowest BCUT2D eigenvalue weighted by Crippen LogP contribution is -2.52. The summed E-state index contributed by atoms with van der Waals surface area (Å²) in [5.74, 6) is 0.344. The Morgan fingerprint density at radius 2 is 1.82 bits per heavy atom. The first-order chi connectivity index (χ1) is 10.8. The van der Waals surface area contributed by atoms with Crippen LogP contribution in [-0.2, 0) is 0 Å². The maximum Gasteiger partial charge on any atom is 0.316 e. The largest absolute Gasteiger partial charge is 0.458 e. The molecule has 4 nitrogen and oxygen atoms in total. The number of fused-ring (bicyclic) bond motifs is 3. The van der Waals surface area contributed by atoms with Crippen LogP contribution < -0.4 is 4.74 Å². The lowest BCUT2D eigenvalue weighted by molar-refractivity contribution is -0.0123. The normalized spacial score (nSPS) is 26.9. The third-order valence-corrected chi connectivity index (χ3v) is 4.67. The summed E-state index contributed by atoms with van der Waals surface area (Å²) in [6, 6.07) is 7.02. The van der Waals surface area contributed by atoms with Crippen molar-refractivity contribution >= 4 is 0 Å². The summed E-state index contributed by atoms with van der Waals surface area (Å²) in [7, 11) is 0. The molecule has 0 saturated carbocycles. The average molecular weight is 299 g/mol. The quantitative estimate of drug-likeness (QED) is 0.873. The summed E-state index contributed by atoms with van der Waals surface area (Å²) in [5, 5.41) is 0. The highest BCUT2D eigenvalue weighted by molar-refractivity contribution is 5.62. The predicted octanol–water partition coefficient (Wildman–Crippen LogP) is 2.76. The van der Waals surface area contributed by atoms with Gasteiger partial charge in [-0.15, -0.1) is 0 Å². The third-order valence-electron chi connectivity index (χ3n) is 4.67. The number of piperidine rings is 3. The Morgan fingerprint density at radius 3 is 2.45 bits per heavy atom. The minimum absolute atomic E-state index is 0.182. The number of hydrogen-bond acceptors (Lipinski definition) is 4. The summed E-state index contributed by atoms with van der Waals surface area (Å²) in [5.41, 5.74) is 1.18. The van der Waals surface area contributed by atoms with Crippen LogP contribution in [0.15, 0.2) is 36.7 Å². The van der Waals surface area contributed by atoms with E-state index in [9.17, 15) is 4.39 Å². The molecule has 1 atom stereocenters. The molecule has 1 aromatic carbocycles. The van der Waals surface area contributed by atoms with Crippen molar-refractivity contribution in [1.29, 1.82) is 0 Å². The van der Waals surface area contributed by atoms with Crippen molar-refractivity contribution in [1.82, 2.24) is 14.9 Å². The molecule has 0 radical (unpaired) electrons. The van der Waals surface area contributed by atoms with Crippen molar-refractivity contribution in [2.75, 3.05) is 19.6 Å². The van der Waals surface area contributed by atoms with Crippen LogP contribution in [-0.4, -0.2) is 40.6 Å². The van der Waals surface area contributed by atoms with Crippen LogP contribution >= 0.6 is 0 Å². The van der Waals surface area contributed by atoms with Gasteiger partial charge in [0.1, 0.15) is 11.9 Å². The molecule has 0 amide bonds. The summed E-state index contributed by atoms with van der Waals surface area (Å²) in [6.45, 7) is 3.32. The van der Waals surface area contributed by atoms with E-state index in [1.165, 1.54) is 32.0 Å². The number of rotatable bonds is 3. The van der Waals surface area contributed by atoms with Crippen LogP contribution in [0.3, 0.4) is 0 Å². The second-order valence-corrected chi connectivity index (χ2v) is 6.03. The molecule has 3 saturated heterocycles. The van der Waals surface area contributed by atoms with Gasteiger partial charge in [0.15, 0.2) is 0 Å². The minimum Gasteiger partial charge on any atom is -0.458 e. The Balaban J connectivity index is 1.49. The van der Waals surface area contributed by atoms with Gasteiger partial charge in [0, 0.05) is 30.1 Å². The van der Waals surface area contributed by atoms with Crippen LogP contribution in [0.5, 0.6) is 6.01 Å². The maximum atomic E-state index is 13.8. The molecular weight excluding hydrogens is 281 g/mol. The predicted molar refractivity (Wildman–Crippen MR) is 81.0 cm³/mol. The van der Waals surface area contributed by atoms with Crippen molar-refractivity contribution in [3.05, 3.63) is 42.5 Å². The van der Waals surface area contributed by atoms with Crippen molar-refractivity contribution in [2.45, 2.75) is 18.9 Å². The van der Waals surface area contributed by atoms with Gasteiger partial charge in [-0.3, -0.25) is 4.90 Å². The fourth-order valence-electron chi connectivity index (χ4n) is 3.39. The van der Waals surface area contributed by atoms with Crippen LogP contribution in [0.25, 0.3) is 11.1 Å². The van der Waals surface area contributed by atoms with Gasteiger partial charge < -0.3 is 4.74 Å². The van der Waals surface area contributed by atoms with E-state index in [1.807, 2.05) is 0 Å². The summed E-state index contributed by atoms with van der Waals surface area (Å²) in [6.07, 6.45) is 5.82. The maximum absolute atomic E-state index is 13.8. The minimum atomic E-state index is -0.267. The smallest absolute Gasteiger partial charge is 0.316 e. The van der Waals surface area contributed by atoms with Gasteiger partial charge in [-0.2, -0.15) is 0 Å². The fourth-order valence-corrected chi connectivity index (χ4v) is 3.39. The van der Waals surface area contributed by atoms with Gasteiger partial charge in [-0.25, -0.2) is 14.4 Å². The van der Waals surface area contributed by atoms with Crippen LogP contribution in [0, 0.1) is 11.7 Å². The highest BCUT2D eigenvalue weighted by Gasteiger charge is 2.35. The zero-order valence-electron chi connectivity index (χ0n) is 12.3. The molecule has 3 aliphatic rings. The van der Waals surface area contributed by atoms with Crippen molar-refractivity contribution in [3.8, 4) is 17.1 Å². The molecule has 0 spiro atoms. The first-order valence-corrected chi connectivity index (χ1v) is 7.75. The number of ether oxygens (including phenoxy) is 1. The molecule has 4 heterocycles. The van der Waals surface area contributed by atoms with Gasteiger partial charge in [-0.05, 0) is 37.9 Å². The first kappa shape index (κ1) is 13.6. The Morgan fingerprint density at radius 1 is 1.09 bits per heavy atom. The van der Waals surface area contributed by atoms with Crippen LogP contribution in [0.2, 0.25) is 0 Å². The second-order valence-electron chi connectivity index (χ2n) is 6.03.